The fraction of sp³-hybridized carbons (Fsp3) is 0.111. The number of hydrogen-bond donors (Lipinski definition) is 1. The Balaban J connectivity index is 1.75. The van der Waals surface area contributed by atoms with E-state index in [1.54, 1.807) is 0 Å². The third-order valence-corrected chi connectivity index (χ3v) is 6.82. The number of amides is 1. The molecule has 3 rings (SSSR count). The molecule has 0 fully saturated rings. The second kappa shape index (κ2) is 7.89. The summed E-state index contributed by atoms with van der Waals surface area (Å²) in [6.45, 7) is 0. The first-order valence-corrected chi connectivity index (χ1v) is 10.9. The van der Waals surface area contributed by atoms with E-state index in [1.165, 1.54) is 49.7 Å². The second-order valence-corrected chi connectivity index (χ2v) is 9.74. The van der Waals surface area contributed by atoms with Crippen LogP contribution in [0.3, 0.4) is 0 Å². The quantitative estimate of drug-likeness (QED) is 0.615. The molecule has 0 aliphatic heterocycles. The van der Waals surface area contributed by atoms with E-state index in [-0.39, 0.29) is 10.8 Å². The summed E-state index contributed by atoms with van der Waals surface area (Å²) in [5.41, 5.74) is 2.07. The van der Waals surface area contributed by atoms with Crippen LogP contribution in [0.2, 0.25) is 0 Å². The zero-order chi connectivity index (χ0) is 19.6. The molecular weight excluding hydrogens is 450 g/mol. The van der Waals surface area contributed by atoms with Crippen LogP contribution in [0.5, 0.6) is 0 Å². The molecule has 27 heavy (non-hydrogen) atoms. The number of nitrogens with zero attached hydrogens (tertiary/aromatic N) is 2. The fourth-order valence-corrected chi connectivity index (χ4v) is 4.29. The largest absolute Gasteiger partial charge is 0.298 e. The average molecular weight is 466 g/mol. The van der Waals surface area contributed by atoms with Gasteiger partial charge in [-0.2, -0.15) is 0 Å². The van der Waals surface area contributed by atoms with Crippen molar-refractivity contribution in [3.8, 4) is 11.3 Å². The first-order valence-electron chi connectivity index (χ1n) is 7.83. The van der Waals surface area contributed by atoms with Crippen molar-refractivity contribution in [3.05, 3.63) is 63.9 Å². The van der Waals surface area contributed by atoms with E-state index in [9.17, 15) is 13.2 Å². The summed E-state index contributed by atoms with van der Waals surface area (Å²) in [6.07, 6.45) is 0. The Morgan fingerprint density at radius 1 is 1.15 bits per heavy atom. The van der Waals surface area contributed by atoms with Gasteiger partial charge in [-0.15, -0.1) is 11.3 Å². The molecule has 6 nitrogen and oxygen atoms in total. The van der Waals surface area contributed by atoms with Crippen molar-refractivity contribution in [3.63, 3.8) is 0 Å². The number of carbonyl (C=O) groups is 1. The van der Waals surface area contributed by atoms with E-state index in [1.807, 2.05) is 29.6 Å². The Morgan fingerprint density at radius 3 is 2.48 bits per heavy atom. The molecule has 1 amide bonds. The Hall–Kier alpha value is -2.07. The standard InChI is InChI=1S/C18H16BrN3O3S2/c1-22(2)27(24,25)15-8-6-12(7-9-15)17(23)21-18-20-16(11-26-18)13-4-3-5-14(19)10-13/h3-11H,1-2H3,(H,20,21,23). The van der Waals surface area contributed by atoms with Gasteiger partial charge in [0.1, 0.15) is 0 Å². The minimum atomic E-state index is -3.52. The highest BCUT2D eigenvalue weighted by molar-refractivity contribution is 9.10. The molecule has 2 aromatic carbocycles. The van der Waals surface area contributed by atoms with Crippen LogP contribution in [0.4, 0.5) is 5.13 Å². The van der Waals surface area contributed by atoms with Gasteiger partial charge < -0.3 is 0 Å². The highest BCUT2D eigenvalue weighted by atomic mass is 79.9. The predicted octanol–water partition coefficient (Wildman–Crippen LogP) is 4.08. The van der Waals surface area contributed by atoms with Crippen molar-refractivity contribution in [1.29, 1.82) is 0 Å². The monoisotopic (exact) mass is 465 g/mol. The van der Waals surface area contributed by atoms with Crippen LogP contribution in [0.1, 0.15) is 10.4 Å². The summed E-state index contributed by atoms with van der Waals surface area (Å²) in [7, 11) is -0.602. The van der Waals surface area contributed by atoms with Gasteiger partial charge in [-0.3, -0.25) is 10.1 Å². The third-order valence-electron chi connectivity index (χ3n) is 3.74. The summed E-state index contributed by atoms with van der Waals surface area (Å²) in [6, 6.07) is 13.5. The lowest BCUT2D eigenvalue weighted by atomic mass is 10.2. The second-order valence-electron chi connectivity index (χ2n) is 5.81. The molecule has 1 N–H and O–H groups in total. The number of carbonyl (C=O) groups excluding carboxylic acids is 1. The Labute approximate surface area is 170 Å². The van der Waals surface area contributed by atoms with Gasteiger partial charge in [-0.1, -0.05) is 28.1 Å². The smallest absolute Gasteiger partial charge is 0.257 e. The first-order chi connectivity index (χ1) is 12.8. The van der Waals surface area contributed by atoms with Crippen LogP contribution in [-0.2, 0) is 10.0 Å². The van der Waals surface area contributed by atoms with Crippen molar-refractivity contribution in [2.45, 2.75) is 4.90 Å². The number of rotatable bonds is 5. The Morgan fingerprint density at radius 2 is 1.85 bits per heavy atom. The van der Waals surface area contributed by atoms with Gasteiger partial charge in [-0.25, -0.2) is 17.7 Å². The van der Waals surface area contributed by atoms with Gasteiger partial charge >= 0.3 is 0 Å². The maximum atomic E-state index is 12.4. The lowest BCUT2D eigenvalue weighted by Crippen LogP contribution is -2.22. The molecule has 0 aliphatic rings. The molecule has 3 aromatic rings. The van der Waals surface area contributed by atoms with E-state index in [2.05, 4.69) is 26.2 Å². The zero-order valence-electron chi connectivity index (χ0n) is 14.5. The van der Waals surface area contributed by atoms with Crippen molar-refractivity contribution in [2.24, 2.45) is 0 Å². The topological polar surface area (TPSA) is 79.4 Å². The minimum absolute atomic E-state index is 0.134. The van der Waals surface area contributed by atoms with E-state index in [0.29, 0.717) is 10.7 Å². The number of nitrogens with one attached hydrogen (secondary N) is 1. The number of halogens is 1. The predicted molar refractivity (Wildman–Crippen MR) is 111 cm³/mol. The van der Waals surface area contributed by atoms with Crippen LogP contribution in [0.15, 0.2) is 63.3 Å². The lowest BCUT2D eigenvalue weighted by molar-refractivity contribution is 0.102. The molecule has 0 spiro atoms. The molecule has 0 bridgehead atoms. The van der Waals surface area contributed by atoms with E-state index >= 15 is 0 Å². The average Bonchev–Trinajstić information content (AvgIpc) is 3.10. The summed E-state index contributed by atoms with van der Waals surface area (Å²) in [5, 5.41) is 5.08. The number of benzene rings is 2. The number of aromatic nitrogens is 1. The lowest BCUT2D eigenvalue weighted by Gasteiger charge is -2.11. The van der Waals surface area contributed by atoms with Crippen LogP contribution in [-0.4, -0.2) is 37.7 Å². The van der Waals surface area contributed by atoms with Crippen molar-refractivity contribution >= 4 is 48.3 Å². The summed E-state index contributed by atoms with van der Waals surface area (Å²) in [5.74, 6) is -0.348. The Bertz CT molecular complexity index is 1080. The van der Waals surface area contributed by atoms with Crippen LogP contribution in [0.25, 0.3) is 11.3 Å². The minimum Gasteiger partial charge on any atom is -0.298 e. The number of thiazole rings is 1. The van der Waals surface area contributed by atoms with Gasteiger partial charge in [0, 0.05) is 35.1 Å². The van der Waals surface area contributed by atoms with Crippen LogP contribution < -0.4 is 5.32 Å². The number of hydrogen-bond acceptors (Lipinski definition) is 5. The third kappa shape index (κ3) is 4.44. The molecule has 9 heteroatoms. The molecule has 0 saturated carbocycles. The summed E-state index contributed by atoms with van der Waals surface area (Å²) < 4.78 is 26.2. The van der Waals surface area contributed by atoms with Gasteiger partial charge in [0.05, 0.1) is 10.6 Å². The number of sulfonamides is 1. The van der Waals surface area contributed by atoms with E-state index < -0.39 is 10.0 Å². The SMILES string of the molecule is CN(C)S(=O)(=O)c1ccc(C(=O)Nc2nc(-c3cccc(Br)c3)cs2)cc1. The van der Waals surface area contributed by atoms with Crippen LogP contribution in [0, 0.1) is 0 Å². The Kier molecular flexibility index (Phi) is 5.75. The molecule has 0 radical (unpaired) electrons. The molecular formula is C18H16BrN3O3S2. The molecule has 0 aliphatic carbocycles. The number of anilines is 1. The van der Waals surface area contributed by atoms with Crippen LogP contribution >= 0.6 is 27.3 Å². The molecule has 0 saturated heterocycles. The maximum absolute atomic E-state index is 12.4. The molecule has 0 unspecified atom stereocenters. The van der Waals surface area contributed by atoms with Gasteiger partial charge in [0.2, 0.25) is 10.0 Å². The maximum Gasteiger partial charge on any atom is 0.257 e. The van der Waals surface area contributed by atoms with Gasteiger partial charge in [0.15, 0.2) is 5.13 Å². The molecule has 1 heterocycles. The summed E-state index contributed by atoms with van der Waals surface area (Å²) >= 11 is 4.75. The van der Waals surface area contributed by atoms with Gasteiger partial charge in [0.25, 0.3) is 5.91 Å². The molecule has 0 atom stereocenters. The normalized spacial score (nSPS) is 11.6. The fourth-order valence-electron chi connectivity index (χ4n) is 2.27. The highest BCUT2D eigenvalue weighted by Crippen LogP contribution is 2.27. The van der Waals surface area contributed by atoms with Crippen molar-refractivity contribution < 1.29 is 13.2 Å². The molecule has 140 valence electrons. The van der Waals surface area contributed by atoms with E-state index in [4.69, 9.17) is 0 Å². The molecule has 1 aromatic heterocycles. The first kappa shape index (κ1) is 19.7. The highest BCUT2D eigenvalue weighted by Gasteiger charge is 2.18. The van der Waals surface area contributed by atoms with Gasteiger partial charge in [-0.05, 0) is 36.4 Å². The zero-order valence-corrected chi connectivity index (χ0v) is 17.7. The van der Waals surface area contributed by atoms with Crippen molar-refractivity contribution in [1.82, 2.24) is 9.29 Å². The van der Waals surface area contributed by atoms with E-state index in [0.717, 1.165) is 20.0 Å². The summed E-state index contributed by atoms with van der Waals surface area (Å²) in [4.78, 5) is 17.0. The van der Waals surface area contributed by atoms with Crippen molar-refractivity contribution in [2.75, 3.05) is 19.4 Å².